The number of methoxy groups -OCH3 is 2. The number of amides is 2. The van der Waals surface area contributed by atoms with Crippen LogP contribution in [0.2, 0.25) is 0 Å². The highest BCUT2D eigenvalue weighted by atomic mass is 32.2. The Labute approximate surface area is 373 Å². The maximum Gasteiger partial charge on any atom is 0.305 e. The second-order valence-corrected chi connectivity index (χ2v) is 18.1. The zero-order chi connectivity index (χ0) is 44.5. The van der Waals surface area contributed by atoms with Crippen molar-refractivity contribution in [3.63, 3.8) is 0 Å². The molecule has 1 aliphatic carbocycles. The number of allylic oxidation sites excluding steroid dienone is 11. The first-order valence-corrected chi connectivity index (χ1v) is 22.9. The van der Waals surface area contributed by atoms with Gasteiger partial charge in [-0.3, -0.25) is 19.2 Å². The first kappa shape index (κ1) is 45.9. The van der Waals surface area contributed by atoms with E-state index in [1.165, 1.54) is 35.2 Å². The molecule has 4 aliphatic rings. The Balaban J connectivity index is 1.32. The van der Waals surface area contributed by atoms with Gasteiger partial charge in [-0.05, 0) is 142 Å². The lowest BCUT2D eigenvalue weighted by Crippen LogP contribution is -2.16. The Bertz CT molecular complexity index is 2480. The fourth-order valence-electron chi connectivity index (χ4n) is 7.70. The smallest absolute Gasteiger partial charge is 0.305 e. The normalized spacial score (nSPS) is 18.5. The molecule has 12 heteroatoms. The number of hydrogen-bond donors (Lipinski definition) is 3. The molecule has 0 fully saturated rings. The van der Waals surface area contributed by atoms with Crippen molar-refractivity contribution in [1.82, 2.24) is 15.6 Å². The summed E-state index contributed by atoms with van der Waals surface area (Å²) in [6.45, 7) is 12.0. The number of rotatable bonds is 17. The fraction of sp³-hybridized carbons (Fsp3) is 0.340. The van der Waals surface area contributed by atoms with Crippen LogP contribution < -0.4 is 10.6 Å². The fourth-order valence-corrected chi connectivity index (χ4v) is 9.52. The Morgan fingerprint density at radius 1 is 0.710 bits per heavy atom. The van der Waals surface area contributed by atoms with E-state index in [1.54, 1.807) is 23.5 Å². The van der Waals surface area contributed by atoms with Crippen molar-refractivity contribution in [3.8, 4) is 0 Å². The third kappa shape index (κ3) is 11.3. The van der Waals surface area contributed by atoms with Crippen LogP contribution in [0.15, 0.2) is 126 Å². The van der Waals surface area contributed by atoms with E-state index in [4.69, 9.17) is 14.5 Å². The molecule has 3 N–H and O–H groups in total. The van der Waals surface area contributed by atoms with E-state index >= 15 is 0 Å². The molecule has 1 aromatic carbocycles. The topological polar surface area (TPSA) is 139 Å². The van der Waals surface area contributed by atoms with Crippen LogP contribution in [0.4, 0.5) is 0 Å². The predicted octanol–water partition coefficient (Wildman–Crippen LogP) is 10.0. The van der Waals surface area contributed by atoms with Crippen molar-refractivity contribution in [3.05, 3.63) is 144 Å². The van der Waals surface area contributed by atoms with Gasteiger partial charge in [-0.25, -0.2) is 4.99 Å². The van der Waals surface area contributed by atoms with Crippen LogP contribution >= 0.6 is 23.5 Å². The number of nitrogens with one attached hydrogen (secondary N) is 3. The van der Waals surface area contributed by atoms with Crippen molar-refractivity contribution >= 4 is 65.1 Å². The van der Waals surface area contributed by atoms with Crippen molar-refractivity contribution in [1.29, 1.82) is 0 Å². The van der Waals surface area contributed by atoms with Crippen molar-refractivity contribution < 1.29 is 28.7 Å². The van der Waals surface area contributed by atoms with Gasteiger partial charge in [-0.1, -0.05) is 47.6 Å². The molecule has 0 saturated heterocycles. The molecule has 10 nitrogen and oxygen atoms in total. The number of aryl methyl sites for hydroxylation is 1. The molecule has 2 aromatic rings. The molecule has 324 valence electrons. The minimum Gasteiger partial charge on any atom is -0.469 e. The predicted molar refractivity (Wildman–Crippen MR) is 252 cm³/mol. The minimum absolute atomic E-state index is 0.0964. The molecule has 0 bridgehead atoms. The molecule has 0 saturated carbocycles. The monoisotopic (exact) mass is 872 g/mol. The third-order valence-electron chi connectivity index (χ3n) is 11.6. The van der Waals surface area contributed by atoms with Gasteiger partial charge in [-0.15, -0.1) is 23.5 Å². The average molecular weight is 873 g/mol. The SMILES string of the molecule is COC(=O)CCC1=C(C)C(/C=C2\NC(=O)C(C)=C2CCSC2=CC=C(C)C=CC2)=NC/1=C\c1[nH]c(/C=C2\NC(=O)C(CCSc3ccc(C)cc3)=C2C)c(C)c1CCC(=O)OC. The number of nitrogens with zero attached hydrogens (tertiary/aromatic N) is 1. The van der Waals surface area contributed by atoms with Gasteiger partial charge in [0.15, 0.2) is 0 Å². The Morgan fingerprint density at radius 3 is 2.11 bits per heavy atom. The zero-order valence-corrected chi connectivity index (χ0v) is 38.6. The summed E-state index contributed by atoms with van der Waals surface area (Å²) in [5, 5.41) is 6.16. The summed E-state index contributed by atoms with van der Waals surface area (Å²) < 4.78 is 10.0. The molecule has 3 aliphatic heterocycles. The van der Waals surface area contributed by atoms with E-state index in [0.29, 0.717) is 42.7 Å². The summed E-state index contributed by atoms with van der Waals surface area (Å²) in [6.07, 6.45) is 17.8. The standard InChI is InChI=1S/C50H56N4O6S2/c1-29-10-9-11-35(15-12-29)61-24-22-39-34(6)49(57)54-46(39)27-42-32(4)38(19-21-48(56)60-8)45(52-42)28-44-37(18-20-47(55)59-7)31(3)41(51-44)26-43-33(5)40(50(58)53-43)23-25-62-36-16-13-30(2)14-17-36/h9-10,12-17,26-28,51H,11,18-25H2,1-8H3,(H,53,58)(H,54,57)/b43-26-,45-28-,46-27-. The van der Waals surface area contributed by atoms with Crippen molar-refractivity contribution in [2.75, 3.05) is 25.7 Å². The van der Waals surface area contributed by atoms with Crippen LogP contribution in [0.5, 0.6) is 0 Å². The van der Waals surface area contributed by atoms with Gasteiger partial charge in [0.2, 0.25) is 0 Å². The number of ether oxygens (including phenoxy) is 2. The van der Waals surface area contributed by atoms with E-state index in [-0.39, 0.29) is 36.6 Å². The van der Waals surface area contributed by atoms with Crippen LogP contribution in [-0.4, -0.2) is 60.2 Å². The molecular formula is C50H56N4O6S2. The van der Waals surface area contributed by atoms with Gasteiger partial charge in [0, 0.05) is 63.2 Å². The molecule has 0 spiro atoms. The van der Waals surface area contributed by atoms with Crippen LogP contribution in [0, 0.1) is 13.8 Å². The molecule has 2 amide bonds. The number of aliphatic imine (C=N–C) groups is 1. The summed E-state index contributed by atoms with van der Waals surface area (Å²) >= 11 is 3.52. The molecule has 6 rings (SSSR count). The van der Waals surface area contributed by atoms with Crippen molar-refractivity contribution in [2.24, 2.45) is 4.99 Å². The van der Waals surface area contributed by atoms with E-state index in [9.17, 15) is 19.2 Å². The first-order valence-electron chi connectivity index (χ1n) is 20.9. The third-order valence-corrected chi connectivity index (χ3v) is 13.7. The van der Waals surface area contributed by atoms with Crippen molar-refractivity contribution in [2.45, 2.75) is 91.4 Å². The van der Waals surface area contributed by atoms with Gasteiger partial charge in [0.25, 0.3) is 11.8 Å². The number of hydrogen-bond acceptors (Lipinski definition) is 9. The molecule has 1 aromatic heterocycles. The highest BCUT2D eigenvalue weighted by molar-refractivity contribution is 8.03. The number of benzene rings is 1. The minimum atomic E-state index is -0.332. The summed E-state index contributed by atoms with van der Waals surface area (Å²) in [5.41, 5.74) is 13.7. The number of aromatic nitrogens is 1. The lowest BCUT2D eigenvalue weighted by atomic mass is 9.98. The number of esters is 2. The van der Waals surface area contributed by atoms with Gasteiger partial charge >= 0.3 is 11.9 Å². The molecular weight excluding hydrogens is 817 g/mol. The van der Waals surface area contributed by atoms with Gasteiger partial charge < -0.3 is 25.1 Å². The molecule has 62 heavy (non-hydrogen) atoms. The Morgan fingerprint density at radius 2 is 1.39 bits per heavy atom. The lowest BCUT2D eigenvalue weighted by Gasteiger charge is -2.08. The van der Waals surface area contributed by atoms with Crippen LogP contribution in [0.1, 0.15) is 94.3 Å². The van der Waals surface area contributed by atoms with E-state index in [2.05, 4.69) is 78.0 Å². The summed E-state index contributed by atoms with van der Waals surface area (Å²) in [6, 6.07) is 8.39. The zero-order valence-electron chi connectivity index (χ0n) is 36.9. The molecule has 0 atom stereocenters. The molecule has 0 unspecified atom stereocenters. The lowest BCUT2D eigenvalue weighted by molar-refractivity contribution is -0.141. The largest absolute Gasteiger partial charge is 0.469 e. The number of thioether (sulfide) groups is 2. The Kier molecular flexibility index (Phi) is 15.5. The molecule has 4 heterocycles. The highest BCUT2D eigenvalue weighted by Crippen LogP contribution is 2.36. The summed E-state index contributed by atoms with van der Waals surface area (Å²) in [5.74, 6) is 0.710. The van der Waals surface area contributed by atoms with Gasteiger partial charge in [0.1, 0.15) is 0 Å². The summed E-state index contributed by atoms with van der Waals surface area (Å²) in [4.78, 5) is 62.3. The van der Waals surface area contributed by atoms with Crippen LogP contribution in [-0.2, 0) is 35.1 Å². The maximum absolute atomic E-state index is 13.2. The van der Waals surface area contributed by atoms with E-state index in [0.717, 1.165) is 79.7 Å². The molecule has 0 radical (unpaired) electrons. The number of carbonyl (C=O) groups is 4. The van der Waals surface area contributed by atoms with Gasteiger partial charge in [0.05, 0.1) is 25.6 Å². The van der Waals surface area contributed by atoms with Gasteiger partial charge in [-0.2, -0.15) is 0 Å². The Hall–Kier alpha value is -5.59. The number of H-pyrrole nitrogens is 1. The maximum atomic E-state index is 13.2. The average Bonchev–Trinajstić information content (AvgIpc) is 3.83. The second-order valence-electron chi connectivity index (χ2n) is 15.7. The quantitative estimate of drug-likeness (QED) is 0.106. The second kappa shape index (κ2) is 21.0. The highest BCUT2D eigenvalue weighted by Gasteiger charge is 2.28. The van der Waals surface area contributed by atoms with Crippen LogP contribution in [0.25, 0.3) is 12.2 Å². The number of carbonyl (C=O) groups excluding carboxylic acids is 4. The van der Waals surface area contributed by atoms with Crippen LogP contribution in [0.3, 0.4) is 0 Å². The van der Waals surface area contributed by atoms with E-state index < -0.39 is 0 Å². The van der Waals surface area contributed by atoms with E-state index in [1.807, 2.05) is 45.9 Å². The number of aromatic amines is 1. The first-order chi connectivity index (χ1) is 29.8. The summed E-state index contributed by atoms with van der Waals surface area (Å²) in [7, 11) is 2.76.